The van der Waals surface area contributed by atoms with Crippen molar-refractivity contribution in [2.24, 2.45) is 0 Å². The van der Waals surface area contributed by atoms with E-state index in [0.717, 1.165) is 34.2 Å². The molecule has 1 aliphatic heterocycles. The van der Waals surface area contributed by atoms with E-state index in [4.69, 9.17) is 9.47 Å². The Morgan fingerprint density at radius 3 is 3.06 bits per heavy atom. The molecule has 4 aromatic rings. The van der Waals surface area contributed by atoms with Gasteiger partial charge >= 0.3 is 0 Å². The Morgan fingerprint density at radius 2 is 2.15 bits per heavy atom. The summed E-state index contributed by atoms with van der Waals surface area (Å²) >= 11 is 0. The molecule has 174 valence electrons. The molecule has 0 unspecified atom stereocenters. The summed E-state index contributed by atoms with van der Waals surface area (Å²) in [6, 6.07) is 15.6. The predicted molar refractivity (Wildman–Crippen MR) is 132 cm³/mol. The molecule has 8 nitrogen and oxygen atoms in total. The number of anilines is 2. The lowest BCUT2D eigenvalue weighted by atomic mass is 10.1. The molecule has 0 saturated heterocycles. The molecule has 3 heterocycles. The molecular formula is C26H27N5O3. The number of ether oxygens (including phenoxy) is 2. The minimum absolute atomic E-state index is 0.101. The van der Waals surface area contributed by atoms with Crippen LogP contribution in [0, 0.1) is 0 Å². The van der Waals surface area contributed by atoms with Gasteiger partial charge in [0.15, 0.2) is 0 Å². The molecule has 0 spiro atoms. The van der Waals surface area contributed by atoms with Crippen molar-refractivity contribution in [3.05, 3.63) is 77.6 Å². The van der Waals surface area contributed by atoms with Gasteiger partial charge in [0, 0.05) is 55.5 Å². The minimum Gasteiger partial charge on any atom is -0.493 e. The van der Waals surface area contributed by atoms with Gasteiger partial charge in [-0.15, -0.1) is 0 Å². The van der Waals surface area contributed by atoms with Gasteiger partial charge in [-0.2, -0.15) is 4.98 Å². The monoisotopic (exact) mass is 457 g/mol. The second-order valence-corrected chi connectivity index (χ2v) is 8.15. The van der Waals surface area contributed by atoms with E-state index in [0.29, 0.717) is 50.1 Å². The number of H-pyrrole nitrogens is 1. The molecule has 0 bridgehead atoms. The number of benzene rings is 2. The number of rotatable bonds is 9. The Balaban J connectivity index is 1.43. The average Bonchev–Trinajstić information content (AvgIpc) is 3.51. The second-order valence-electron chi connectivity index (χ2n) is 8.15. The van der Waals surface area contributed by atoms with Crippen LogP contribution in [-0.4, -0.2) is 54.3 Å². The first-order valence-electron chi connectivity index (χ1n) is 11.4. The van der Waals surface area contributed by atoms with Gasteiger partial charge in [0.05, 0.1) is 13.2 Å². The van der Waals surface area contributed by atoms with E-state index >= 15 is 0 Å². The highest BCUT2D eigenvalue weighted by Gasteiger charge is 2.22. The van der Waals surface area contributed by atoms with Gasteiger partial charge in [0.2, 0.25) is 5.95 Å². The lowest BCUT2D eigenvalue weighted by molar-refractivity contribution is 0.0986. The third-order valence-corrected chi connectivity index (χ3v) is 5.97. The number of para-hydroxylation sites is 1. The van der Waals surface area contributed by atoms with Crippen LogP contribution in [0.4, 0.5) is 11.8 Å². The number of carbonyl (C=O) groups excluding carboxylic acids is 1. The lowest BCUT2D eigenvalue weighted by Crippen LogP contribution is -2.34. The van der Waals surface area contributed by atoms with Crippen molar-refractivity contribution in [1.82, 2.24) is 15.0 Å². The van der Waals surface area contributed by atoms with E-state index in [9.17, 15) is 4.79 Å². The number of hydrogen-bond donors (Lipinski definition) is 2. The highest BCUT2D eigenvalue weighted by Crippen LogP contribution is 2.27. The number of methoxy groups -OCH3 is 1. The van der Waals surface area contributed by atoms with Crippen molar-refractivity contribution in [2.45, 2.75) is 12.8 Å². The fourth-order valence-electron chi connectivity index (χ4n) is 4.22. The molecule has 2 aromatic heterocycles. The van der Waals surface area contributed by atoms with Crippen molar-refractivity contribution in [3.63, 3.8) is 0 Å². The highest BCUT2D eigenvalue weighted by molar-refractivity contribution is 6.06. The molecule has 0 radical (unpaired) electrons. The molecule has 1 amide bonds. The van der Waals surface area contributed by atoms with Crippen molar-refractivity contribution < 1.29 is 14.3 Å². The Kier molecular flexibility index (Phi) is 6.40. The zero-order chi connectivity index (χ0) is 23.3. The quantitative estimate of drug-likeness (QED) is 0.371. The number of aromatic amines is 1. The molecule has 8 heteroatoms. The van der Waals surface area contributed by atoms with Gasteiger partial charge in [-0.05, 0) is 47.9 Å². The van der Waals surface area contributed by atoms with E-state index < -0.39 is 0 Å². The van der Waals surface area contributed by atoms with Gasteiger partial charge in [-0.1, -0.05) is 18.2 Å². The summed E-state index contributed by atoms with van der Waals surface area (Å²) in [6.45, 7) is 2.24. The summed E-state index contributed by atoms with van der Waals surface area (Å²) in [7, 11) is 1.64. The number of amides is 1. The van der Waals surface area contributed by atoms with Crippen LogP contribution in [0.2, 0.25) is 0 Å². The number of carbonyl (C=O) groups is 1. The Morgan fingerprint density at radius 1 is 1.24 bits per heavy atom. The third-order valence-electron chi connectivity index (χ3n) is 5.97. The maximum Gasteiger partial charge on any atom is 0.259 e. The number of hydrogen-bond acceptors (Lipinski definition) is 6. The van der Waals surface area contributed by atoms with Crippen LogP contribution in [0.15, 0.2) is 60.9 Å². The summed E-state index contributed by atoms with van der Waals surface area (Å²) in [5, 5.41) is 4.30. The highest BCUT2D eigenvalue weighted by atomic mass is 16.5. The molecule has 0 atom stereocenters. The van der Waals surface area contributed by atoms with Crippen LogP contribution in [0.25, 0.3) is 10.9 Å². The Bertz CT molecular complexity index is 1300. The van der Waals surface area contributed by atoms with Crippen molar-refractivity contribution in [1.29, 1.82) is 0 Å². The van der Waals surface area contributed by atoms with Crippen LogP contribution in [0.5, 0.6) is 5.75 Å². The van der Waals surface area contributed by atoms with Gasteiger partial charge in [-0.3, -0.25) is 9.69 Å². The fraction of sp³-hybridized carbons (Fsp3) is 0.269. The molecule has 2 N–H and O–H groups in total. The molecule has 1 aliphatic rings. The van der Waals surface area contributed by atoms with E-state index in [1.807, 2.05) is 36.5 Å². The fourth-order valence-corrected chi connectivity index (χ4v) is 4.22. The van der Waals surface area contributed by atoms with E-state index in [1.165, 1.54) is 0 Å². The Labute approximate surface area is 197 Å². The first-order chi connectivity index (χ1) is 16.7. The first kappa shape index (κ1) is 21.9. The number of aromatic nitrogens is 3. The normalized spacial score (nSPS) is 12.4. The third kappa shape index (κ3) is 4.58. The van der Waals surface area contributed by atoms with E-state index in [2.05, 4.69) is 32.4 Å². The summed E-state index contributed by atoms with van der Waals surface area (Å²) in [5.74, 6) is 1.77. The predicted octanol–water partition coefficient (Wildman–Crippen LogP) is 3.84. The SMILES string of the molecule is COCCNc1nccc(N(CCc2c[nH]c3ccccc23)C(=O)c2ccc3c(c2)CCO3)n1. The van der Waals surface area contributed by atoms with Crippen molar-refractivity contribution in [2.75, 3.05) is 43.6 Å². The summed E-state index contributed by atoms with van der Waals surface area (Å²) < 4.78 is 10.7. The number of nitrogens with one attached hydrogen (secondary N) is 2. The Hall–Kier alpha value is -3.91. The van der Waals surface area contributed by atoms with Gasteiger partial charge in [-0.25, -0.2) is 4.98 Å². The largest absolute Gasteiger partial charge is 0.493 e. The molecule has 2 aromatic carbocycles. The zero-order valence-corrected chi connectivity index (χ0v) is 19.1. The van der Waals surface area contributed by atoms with E-state index in [1.54, 1.807) is 24.3 Å². The summed E-state index contributed by atoms with van der Waals surface area (Å²) in [6.07, 6.45) is 5.17. The van der Waals surface area contributed by atoms with E-state index in [-0.39, 0.29) is 5.91 Å². The van der Waals surface area contributed by atoms with Gasteiger partial charge in [0.1, 0.15) is 11.6 Å². The molecule has 0 fully saturated rings. The maximum absolute atomic E-state index is 13.7. The van der Waals surface area contributed by atoms with Crippen LogP contribution in [-0.2, 0) is 17.6 Å². The molecular weight excluding hydrogens is 430 g/mol. The molecule has 0 saturated carbocycles. The molecule has 5 rings (SSSR count). The number of fused-ring (bicyclic) bond motifs is 2. The smallest absolute Gasteiger partial charge is 0.259 e. The topological polar surface area (TPSA) is 92.4 Å². The maximum atomic E-state index is 13.7. The lowest BCUT2D eigenvalue weighted by Gasteiger charge is -2.22. The molecule has 34 heavy (non-hydrogen) atoms. The van der Waals surface area contributed by atoms with Gasteiger partial charge < -0.3 is 19.8 Å². The zero-order valence-electron chi connectivity index (χ0n) is 19.1. The molecule has 0 aliphatic carbocycles. The average molecular weight is 458 g/mol. The van der Waals surface area contributed by atoms with Crippen LogP contribution >= 0.6 is 0 Å². The van der Waals surface area contributed by atoms with Gasteiger partial charge in [0.25, 0.3) is 5.91 Å². The summed E-state index contributed by atoms with van der Waals surface area (Å²) in [4.78, 5) is 27.7. The standard InChI is InChI=1S/C26H27N5O3/c1-33-15-12-28-26-27-11-8-24(30-26)31(13-9-20-17-29-22-5-3-2-4-21(20)22)25(32)19-6-7-23-18(16-19)10-14-34-23/h2-8,11,16-17,29H,9-10,12-15H2,1H3,(H,27,28,30). The number of nitrogens with zero attached hydrogens (tertiary/aromatic N) is 3. The summed E-state index contributed by atoms with van der Waals surface area (Å²) in [5.41, 5.74) is 3.92. The first-order valence-corrected chi connectivity index (χ1v) is 11.4. The van der Waals surface area contributed by atoms with Crippen LogP contribution in [0.1, 0.15) is 21.5 Å². The second kappa shape index (κ2) is 9.93. The minimum atomic E-state index is -0.101. The van der Waals surface area contributed by atoms with Crippen LogP contribution in [0.3, 0.4) is 0 Å². The van der Waals surface area contributed by atoms with Crippen LogP contribution < -0.4 is 15.0 Å². The van der Waals surface area contributed by atoms with Crippen molar-refractivity contribution >= 4 is 28.6 Å². The van der Waals surface area contributed by atoms with Crippen molar-refractivity contribution in [3.8, 4) is 5.75 Å².